The first-order valence-corrected chi connectivity index (χ1v) is 10.3. The summed E-state index contributed by atoms with van der Waals surface area (Å²) in [5, 5.41) is 21.2. The van der Waals surface area contributed by atoms with E-state index >= 15 is 0 Å². The van der Waals surface area contributed by atoms with Crippen LogP contribution in [-0.2, 0) is 11.2 Å². The van der Waals surface area contributed by atoms with Crippen LogP contribution in [0, 0.1) is 12.3 Å². The third kappa shape index (κ3) is 4.60. The van der Waals surface area contributed by atoms with Gasteiger partial charge in [-0.3, -0.25) is 15.1 Å². The summed E-state index contributed by atoms with van der Waals surface area (Å²) in [6, 6.07) is 11.3. The maximum Gasteiger partial charge on any atom is 0.260 e. The van der Waals surface area contributed by atoms with Crippen molar-refractivity contribution in [3.8, 4) is 5.75 Å². The third-order valence-electron chi connectivity index (χ3n) is 5.67. The molecule has 1 unspecified atom stereocenters. The summed E-state index contributed by atoms with van der Waals surface area (Å²) in [6.07, 6.45) is 3.05. The van der Waals surface area contributed by atoms with Crippen molar-refractivity contribution in [3.05, 3.63) is 58.7 Å². The largest absolute Gasteiger partial charge is 0.472 e. The van der Waals surface area contributed by atoms with Crippen molar-refractivity contribution in [2.45, 2.75) is 31.9 Å². The van der Waals surface area contributed by atoms with Gasteiger partial charge in [-0.15, -0.1) is 0 Å². The highest BCUT2D eigenvalue weighted by atomic mass is 16.5. The molecule has 0 aromatic heterocycles. The van der Waals surface area contributed by atoms with Gasteiger partial charge in [-0.1, -0.05) is 12.1 Å². The molecule has 4 rings (SSSR count). The number of ether oxygens (including phenoxy) is 2. The Hall–Kier alpha value is -3.23. The van der Waals surface area contributed by atoms with Crippen LogP contribution in [0.25, 0.3) is 0 Å². The lowest BCUT2D eigenvalue weighted by molar-refractivity contribution is -0.0696. The van der Waals surface area contributed by atoms with Gasteiger partial charge in [-0.05, 0) is 60.7 Å². The Morgan fingerprint density at radius 3 is 2.87 bits per heavy atom. The van der Waals surface area contributed by atoms with E-state index in [0.29, 0.717) is 37.4 Å². The van der Waals surface area contributed by atoms with Crippen molar-refractivity contribution in [1.29, 1.82) is 5.41 Å². The fourth-order valence-corrected chi connectivity index (χ4v) is 3.88. The molecule has 31 heavy (non-hydrogen) atoms. The lowest BCUT2D eigenvalue weighted by Crippen LogP contribution is -2.54. The lowest BCUT2D eigenvalue weighted by atomic mass is 9.95. The standard InChI is InChI=1S/C23H26N4O4/c1-15-10-22-19(23(29)27(14-31-22)20-13-30-9-6-21(20)28)12-17(15)11-16-2-4-18(5-3-16)26-25-8-7-24/h2-5,7-8,10,12,20-21,24,26,28H,6,9,11,13-14H2,1H3/b24-7?,25-8-/t20?,21-/m0/s1. The van der Waals surface area contributed by atoms with Crippen LogP contribution in [-0.4, -0.2) is 60.4 Å². The molecule has 0 spiro atoms. The van der Waals surface area contributed by atoms with Crippen LogP contribution < -0.4 is 10.2 Å². The molecule has 2 aromatic carbocycles. The number of hydrazone groups is 1. The number of hydrogen-bond acceptors (Lipinski definition) is 7. The summed E-state index contributed by atoms with van der Waals surface area (Å²) in [6.45, 7) is 2.94. The molecule has 2 aliphatic rings. The van der Waals surface area contributed by atoms with E-state index in [9.17, 15) is 9.90 Å². The Kier molecular flexibility index (Phi) is 6.29. The Bertz CT molecular complexity index is 990. The highest BCUT2D eigenvalue weighted by Gasteiger charge is 2.37. The summed E-state index contributed by atoms with van der Waals surface area (Å²) >= 11 is 0. The fraction of sp³-hybridized carbons (Fsp3) is 0.348. The number of aliphatic hydroxyl groups excluding tert-OH is 1. The van der Waals surface area contributed by atoms with Gasteiger partial charge in [-0.25, -0.2) is 0 Å². The van der Waals surface area contributed by atoms with Crippen LogP contribution in [0.5, 0.6) is 5.75 Å². The van der Waals surface area contributed by atoms with E-state index in [1.54, 1.807) is 4.90 Å². The second kappa shape index (κ2) is 9.28. The first kappa shape index (κ1) is 21.0. The quantitative estimate of drug-likeness (QED) is 0.490. The monoisotopic (exact) mass is 422 g/mol. The molecule has 1 fully saturated rings. The minimum absolute atomic E-state index is 0.116. The fourth-order valence-electron chi connectivity index (χ4n) is 3.88. The van der Waals surface area contributed by atoms with Crippen LogP contribution in [0.3, 0.4) is 0 Å². The van der Waals surface area contributed by atoms with Gasteiger partial charge in [0, 0.05) is 12.8 Å². The topological polar surface area (TPSA) is 107 Å². The first-order valence-electron chi connectivity index (χ1n) is 10.3. The van der Waals surface area contributed by atoms with Crippen LogP contribution in [0.4, 0.5) is 5.69 Å². The molecule has 8 nitrogen and oxygen atoms in total. The smallest absolute Gasteiger partial charge is 0.260 e. The molecule has 3 N–H and O–H groups in total. The van der Waals surface area contributed by atoms with Crippen molar-refractivity contribution in [1.82, 2.24) is 4.90 Å². The molecule has 1 saturated heterocycles. The lowest BCUT2D eigenvalue weighted by Gasteiger charge is -2.39. The average Bonchev–Trinajstić information content (AvgIpc) is 2.77. The van der Waals surface area contributed by atoms with Crippen molar-refractivity contribution < 1.29 is 19.4 Å². The van der Waals surface area contributed by atoms with Gasteiger partial charge in [-0.2, -0.15) is 5.10 Å². The van der Waals surface area contributed by atoms with E-state index in [4.69, 9.17) is 14.9 Å². The molecule has 0 radical (unpaired) electrons. The van der Waals surface area contributed by atoms with E-state index < -0.39 is 12.1 Å². The number of aryl methyl sites for hydroxylation is 1. The molecular weight excluding hydrogens is 396 g/mol. The van der Waals surface area contributed by atoms with Crippen LogP contribution in [0.1, 0.15) is 33.5 Å². The number of nitrogens with one attached hydrogen (secondary N) is 2. The predicted molar refractivity (Wildman–Crippen MR) is 118 cm³/mol. The summed E-state index contributed by atoms with van der Waals surface area (Å²) in [5.74, 6) is 0.443. The number of hydrogen-bond donors (Lipinski definition) is 3. The summed E-state index contributed by atoms with van der Waals surface area (Å²) in [7, 11) is 0. The zero-order chi connectivity index (χ0) is 21.8. The summed E-state index contributed by atoms with van der Waals surface area (Å²) in [4.78, 5) is 14.8. The minimum Gasteiger partial charge on any atom is -0.472 e. The molecule has 0 saturated carbocycles. The molecule has 0 bridgehead atoms. The first-order chi connectivity index (χ1) is 15.1. The van der Waals surface area contributed by atoms with E-state index in [2.05, 4.69) is 10.5 Å². The van der Waals surface area contributed by atoms with Gasteiger partial charge in [0.2, 0.25) is 0 Å². The number of carbonyl (C=O) groups excluding carboxylic acids is 1. The number of anilines is 1. The Morgan fingerprint density at radius 1 is 1.32 bits per heavy atom. The van der Waals surface area contributed by atoms with E-state index in [0.717, 1.165) is 28.6 Å². The number of fused-ring (bicyclic) bond motifs is 1. The number of nitrogens with zero attached hydrogens (tertiary/aromatic N) is 2. The van der Waals surface area contributed by atoms with Gasteiger partial charge in [0.05, 0.1) is 36.2 Å². The van der Waals surface area contributed by atoms with Crippen LogP contribution >= 0.6 is 0 Å². The maximum atomic E-state index is 13.2. The maximum absolute atomic E-state index is 13.2. The normalized spacial score (nSPS) is 21.0. The average molecular weight is 422 g/mol. The number of benzene rings is 2. The molecule has 162 valence electrons. The van der Waals surface area contributed by atoms with Crippen molar-refractivity contribution in [2.24, 2.45) is 5.10 Å². The number of rotatable bonds is 6. The van der Waals surface area contributed by atoms with E-state index in [1.165, 1.54) is 6.21 Å². The van der Waals surface area contributed by atoms with Gasteiger partial charge in [0.25, 0.3) is 5.91 Å². The molecular formula is C23H26N4O4. The molecule has 1 amide bonds. The molecule has 2 heterocycles. The van der Waals surface area contributed by atoms with Crippen molar-refractivity contribution in [2.75, 3.05) is 25.4 Å². The minimum atomic E-state index is -0.608. The number of aliphatic hydroxyl groups is 1. The number of amides is 1. The molecule has 2 aromatic rings. The molecule has 8 heteroatoms. The SMILES string of the molecule is Cc1cc2c(cc1Cc1ccc(N/N=C\C=N)cc1)C(=O)N(C1COCC[C@@H]1O)CO2. The van der Waals surface area contributed by atoms with Gasteiger partial charge in [0.1, 0.15) is 5.75 Å². The van der Waals surface area contributed by atoms with E-state index in [1.807, 2.05) is 43.3 Å². The Balaban J connectivity index is 1.52. The van der Waals surface area contributed by atoms with Crippen molar-refractivity contribution in [3.63, 3.8) is 0 Å². The second-order valence-corrected chi connectivity index (χ2v) is 7.75. The Labute approximate surface area is 181 Å². The predicted octanol–water partition coefficient (Wildman–Crippen LogP) is 2.57. The summed E-state index contributed by atoms with van der Waals surface area (Å²) < 4.78 is 11.3. The molecule has 2 atom stereocenters. The van der Waals surface area contributed by atoms with Gasteiger partial charge < -0.3 is 20.0 Å². The van der Waals surface area contributed by atoms with E-state index in [-0.39, 0.29) is 12.6 Å². The second-order valence-electron chi connectivity index (χ2n) is 7.75. The molecule has 2 aliphatic heterocycles. The van der Waals surface area contributed by atoms with Gasteiger partial charge in [0.15, 0.2) is 6.73 Å². The van der Waals surface area contributed by atoms with Gasteiger partial charge >= 0.3 is 0 Å². The van der Waals surface area contributed by atoms with Crippen LogP contribution in [0.15, 0.2) is 41.5 Å². The highest BCUT2D eigenvalue weighted by Crippen LogP contribution is 2.31. The Morgan fingerprint density at radius 2 is 2.13 bits per heavy atom. The molecule has 0 aliphatic carbocycles. The zero-order valence-corrected chi connectivity index (χ0v) is 17.4. The zero-order valence-electron chi connectivity index (χ0n) is 17.4. The highest BCUT2D eigenvalue weighted by molar-refractivity contribution is 6.14. The number of carbonyl (C=O) groups is 1. The third-order valence-corrected chi connectivity index (χ3v) is 5.67. The van der Waals surface area contributed by atoms with Crippen LogP contribution in [0.2, 0.25) is 0 Å². The van der Waals surface area contributed by atoms with Crippen molar-refractivity contribution >= 4 is 24.0 Å². The summed E-state index contributed by atoms with van der Waals surface area (Å²) in [5.41, 5.74) is 7.40.